The highest BCUT2D eigenvalue weighted by molar-refractivity contribution is 7.79. The summed E-state index contributed by atoms with van der Waals surface area (Å²) in [4.78, 5) is 14.8. The number of aryl methyl sites for hydroxylation is 1. The first kappa shape index (κ1) is 33.7. The van der Waals surface area contributed by atoms with E-state index in [-0.39, 0.29) is 28.8 Å². The van der Waals surface area contributed by atoms with Crippen LogP contribution in [0.4, 0.5) is 5.69 Å². The second-order valence-corrected chi connectivity index (χ2v) is 15.9. The van der Waals surface area contributed by atoms with Crippen LogP contribution in [0.3, 0.4) is 0 Å². The molecular weight excluding hydrogens is 624 g/mol. The number of carbonyl (C=O) groups excluding carboxylic acids is 1. The molecule has 10 heteroatoms. The van der Waals surface area contributed by atoms with Gasteiger partial charge in [0, 0.05) is 40.3 Å². The van der Waals surface area contributed by atoms with Crippen LogP contribution in [-0.2, 0) is 32.4 Å². The number of carbonyl (C=O) groups is 1. The second kappa shape index (κ2) is 14.5. The van der Waals surface area contributed by atoms with Gasteiger partial charge < -0.3 is 29.4 Å². The van der Waals surface area contributed by atoms with Gasteiger partial charge in [0.15, 0.2) is 6.29 Å². The summed E-state index contributed by atoms with van der Waals surface area (Å²) >= 11 is 4.38. The molecule has 0 aromatic heterocycles. The lowest BCUT2D eigenvalue weighted by atomic mass is 9.64. The Morgan fingerprint density at radius 1 is 1.13 bits per heavy atom. The number of primary amides is 1. The van der Waals surface area contributed by atoms with Gasteiger partial charge in [0.25, 0.3) is 0 Å². The molecule has 2 fully saturated rings. The maximum absolute atomic E-state index is 12.3. The van der Waals surface area contributed by atoms with Gasteiger partial charge >= 0.3 is 0 Å². The molecule has 1 saturated carbocycles. The van der Waals surface area contributed by atoms with Gasteiger partial charge in [0.1, 0.15) is 5.75 Å². The summed E-state index contributed by atoms with van der Waals surface area (Å²) in [5.74, 6) is 1.51. The Hall–Kier alpha value is -2.17. The Morgan fingerprint density at radius 3 is 2.65 bits per heavy atom. The second-order valence-electron chi connectivity index (χ2n) is 14.2. The molecule has 2 aromatic carbocycles. The summed E-state index contributed by atoms with van der Waals surface area (Å²) in [6.07, 6.45) is 8.71. The van der Waals surface area contributed by atoms with Crippen LogP contribution in [0.1, 0.15) is 86.7 Å². The van der Waals surface area contributed by atoms with Gasteiger partial charge in [0.2, 0.25) is 5.91 Å². The maximum Gasteiger partial charge on any atom is 0.248 e. The predicted octanol–water partition coefficient (Wildman–Crippen LogP) is 6.39. The van der Waals surface area contributed by atoms with E-state index in [1.807, 2.05) is 25.1 Å². The first-order valence-corrected chi connectivity index (χ1v) is 18.6. The van der Waals surface area contributed by atoms with E-state index in [2.05, 4.69) is 17.0 Å². The highest BCUT2D eigenvalue weighted by Gasteiger charge is 2.46. The number of nitrogens with two attached hydrogens (primary N) is 1. The molecule has 1 saturated heterocycles. The predicted molar refractivity (Wildman–Crippen MR) is 180 cm³/mol. The van der Waals surface area contributed by atoms with Crippen molar-refractivity contribution in [3.63, 3.8) is 0 Å². The van der Waals surface area contributed by atoms with E-state index in [0.717, 1.165) is 87.3 Å². The summed E-state index contributed by atoms with van der Waals surface area (Å²) in [6, 6.07) is 11.9. The summed E-state index contributed by atoms with van der Waals surface area (Å²) in [5.41, 5.74) is 9.57. The third-order valence-corrected chi connectivity index (χ3v) is 12.6. The average molecular weight is 672 g/mol. The highest BCUT2D eigenvalue weighted by atomic mass is 35.5. The van der Waals surface area contributed by atoms with Crippen molar-refractivity contribution in [3.05, 3.63) is 58.1 Å². The Bertz CT molecular complexity index is 1420. The van der Waals surface area contributed by atoms with Crippen molar-refractivity contribution >= 4 is 34.3 Å². The van der Waals surface area contributed by atoms with Crippen molar-refractivity contribution in [1.82, 2.24) is 0 Å². The fourth-order valence-electron chi connectivity index (χ4n) is 8.34. The molecule has 0 bridgehead atoms. The van der Waals surface area contributed by atoms with E-state index in [1.54, 1.807) is 13.0 Å². The summed E-state index contributed by atoms with van der Waals surface area (Å²) < 4.78 is 42.2. The standard InChI is InChI=1S/C36H49ClN2O6S/c1-23(24(2)46(41)42)6-3-8-30(35-43-16-5-17-44-35)29-12-9-27(29)20-39-21-36(15-4-7-25-18-28(37)11-13-31(25)36)22-45-33-14-10-26(34(38)40)19-32(33)39/h10-11,13-14,18-19,23-24,27,29-30,35H,3-9,12,15-17,20-22H2,1-2H3,(H2,38,40)(H,41,42)/p-1/t23-,24+,27-,29+,30+,36-/m0/s1. The Morgan fingerprint density at radius 2 is 1.93 bits per heavy atom. The number of ether oxygens (including phenoxy) is 3. The number of fused-ring (bicyclic) bond motifs is 3. The van der Waals surface area contributed by atoms with Crippen molar-refractivity contribution in [1.29, 1.82) is 0 Å². The average Bonchev–Trinajstić information content (AvgIpc) is 3.19. The van der Waals surface area contributed by atoms with Crippen LogP contribution in [0.2, 0.25) is 5.02 Å². The van der Waals surface area contributed by atoms with Crippen LogP contribution in [0, 0.1) is 23.7 Å². The third kappa shape index (κ3) is 7.14. The summed E-state index contributed by atoms with van der Waals surface area (Å²) in [7, 11) is 0. The van der Waals surface area contributed by atoms with Gasteiger partial charge in [-0.05, 0) is 111 Å². The van der Waals surface area contributed by atoms with Crippen molar-refractivity contribution in [2.45, 2.75) is 88.6 Å². The number of hydrogen-bond acceptors (Lipinski definition) is 7. The van der Waals surface area contributed by atoms with E-state index < -0.39 is 17.0 Å². The van der Waals surface area contributed by atoms with Crippen LogP contribution in [-0.4, -0.2) is 59.1 Å². The fourth-order valence-corrected chi connectivity index (χ4v) is 9.05. The van der Waals surface area contributed by atoms with Crippen molar-refractivity contribution in [3.8, 4) is 5.75 Å². The molecule has 8 nitrogen and oxygen atoms in total. The number of nitrogens with zero attached hydrogens (tertiary/aromatic N) is 1. The molecule has 2 aliphatic heterocycles. The van der Waals surface area contributed by atoms with Gasteiger partial charge in [-0.25, -0.2) is 0 Å². The molecule has 1 spiro atoms. The van der Waals surface area contributed by atoms with Crippen LogP contribution in [0.25, 0.3) is 0 Å². The molecule has 1 amide bonds. The Balaban J connectivity index is 1.27. The maximum atomic E-state index is 12.3. The van der Waals surface area contributed by atoms with Crippen LogP contribution in [0.5, 0.6) is 5.75 Å². The summed E-state index contributed by atoms with van der Waals surface area (Å²) in [6.45, 7) is 7.41. The Kier molecular flexibility index (Phi) is 10.6. The monoisotopic (exact) mass is 671 g/mol. The van der Waals surface area contributed by atoms with E-state index >= 15 is 0 Å². The van der Waals surface area contributed by atoms with Crippen LogP contribution < -0.4 is 15.4 Å². The SMILES string of the molecule is C[C@H]([C@@H](C)CCC[C@@H](C1OCCCO1)[C@@H]1CC[C@H]1CN1C[C@@]2(CCCc3cc(Cl)ccc32)COc2ccc(C(N)=O)cc21)S(=O)[O-]. The molecular formula is C36H48ClN2O6S-. The number of hydrogen-bond donors (Lipinski definition) is 1. The number of benzene rings is 2. The first-order valence-electron chi connectivity index (χ1n) is 17.1. The number of amides is 1. The minimum absolute atomic E-state index is 0.0989. The quantitative estimate of drug-likeness (QED) is 0.275. The molecule has 46 heavy (non-hydrogen) atoms. The van der Waals surface area contributed by atoms with E-state index in [9.17, 15) is 13.6 Å². The lowest BCUT2D eigenvalue weighted by Gasteiger charge is -2.48. The molecule has 2 heterocycles. The zero-order valence-electron chi connectivity index (χ0n) is 27.1. The number of anilines is 1. The molecule has 7 atom stereocenters. The normalized spacial score (nSPS) is 27.3. The topological polar surface area (TPSA) is 114 Å². The molecule has 0 radical (unpaired) electrons. The Labute approximate surface area is 281 Å². The lowest BCUT2D eigenvalue weighted by Crippen LogP contribution is -2.50. The van der Waals surface area contributed by atoms with Gasteiger partial charge in [-0.2, -0.15) is 0 Å². The largest absolute Gasteiger partial charge is 0.772 e. The van der Waals surface area contributed by atoms with Gasteiger partial charge in [-0.3, -0.25) is 9.00 Å². The number of halogens is 1. The zero-order valence-corrected chi connectivity index (χ0v) is 28.7. The fraction of sp³-hybridized carbons (Fsp3) is 0.639. The first-order chi connectivity index (χ1) is 22.1. The van der Waals surface area contributed by atoms with E-state index in [0.29, 0.717) is 37.2 Å². The smallest absolute Gasteiger partial charge is 0.248 e. The lowest BCUT2D eigenvalue weighted by molar-refractivity contribution is -0.224. The third-order valence-electron chi connectivity index (χ3n) is 11.3. The van der Waals surface area contributed by atoms with E-state index in [1.165, 1.54) is 11.1 Å². The van der Waals surface area contributed by atoms with Gasteiger partial charge in [-0.15, -0.1) is 0 Å². The minimum Gasteiger partial charge on any atom is -0.772 e. The zero-order chi connectivity index (χ0) is 32.4. The highest BCUT2D eigenvalue weighted by Crippen LogP contribution is 2.49. The molecule has 2 aromatic rings. The van der Waals surface area contributed by atoms with Crippen LogP contribution >= 0.6 is 11.6 Å². The van der Waals surface area contributed by atoms with Crippen molar-refractivity contribution in [2.75, 3.05) is 37.8 Å². The molecule has 4 aliphatic rings. The molecule has 1 unspecified atom stereocenters. The minimum atomic E-state index is -2.06. The molecule has 2 N–H and O–H groups in total. The number of rotatable bonds is 11. The molecule has 252 valence electrons. The van der Waals surface area contributed by atoms with Crippen molar-refractivity contribution < 1.29 is 27.8 Å². The van der Waals surface area contributed by atoms with Gasteiger partial charge in [0.05, 0.1) is 25.5 Å². The van der Waals surface area contributed by atoms with E-state index in [4.69, 9.17) is 31.5 Å². The molecule has 2 aliphatic carbocycles. The van der Waals surface area contributed by atoms with Crippen molar-refractivity contribution in [2.24, 2.45) is 29.4 Å². The van der Waals surface area contributed by atoms with Crippen LogP contribution in [0.15, 0.2) is 36.4 Å². The van der Waals surface area contributed by atoms with Gasteiger partial charge in [-0.1, -0.05) is 49.0 Å². The summed E-state index contributed by atoms with van der Waals surface area (Å²) in [5, 5.41) is 0.401. The molecule has 6 rings (SSSR count).